The molecule has 2 aromatic rings. The lowest BCUT2D eigenvalue weighted by atomic mass is 10.2. The molecule has 0 radical (unpaired) electrons. The van der Waals surface area contributed by atoms with Crippen LogP contribution >= 0.6 is 0 Å². The predicted molar refractivity (Wildman–Crippen MR) is 86.3 cm³/mol. The Morgan fingerprint density at radius 1 is 1.23 bits per heavy atom. The van der Waals surface area contributed by atoms with Crippen LogP contribution in [0.4, 0.5) is 5.95 Å². The highest BCUT2D eigenvalue weighted by atomic mass is 15.3. The lowest BCUT2D eigenvalue weighted by Gasteiger charge is -2.21. The van der Waals surface area contributed by atoms with Gasteiger partial charge in [0.2, 0.25) is 5.95 Å². The maximum absolute atomic E-state index is 4.71. The van der Waals surface area contributed by atoms with E-state index in [9.17, 15) is 0 Å². The maximum atomic E-state index is 4.71. The Labute approximate surface area is 131 Å². The number of rotatable bonds is 5. The topological polar surface area (TPSA) is 58.9 Å². The van der Waals surface area contributed by atoms with Gasteiger partial charge in [-0.05, 0) is 24.5 Å². The first-order valence-electron chi connectivity index (χ1n) is 7.99. The molecule has 3 heterocycles. The quantitative estimate of drug-likeness (QED) is 0.917. The molecular weight excluding hydrogens is 276 g/mol. The molecule has 0 fully saturated rings. The third-order valence-corrected chi connectivity index (χ3v) is 3.76. The van der Waals surface area contributed by atoms with Crippen molar-refractivity contribution >= 4 is 5.95 Å². The van der Waals surface area contributed by atoms with Gasteiger partial charge in [0.15, 0.2) is 0 Å². The molecule has 0 bridgehead atoms. The second kappa shape index (κ2) is 6.87. The highest BCUT2D eigenvalue weighted by Gasteiger charge is 2.17. The zero-order valence-electron chi connectivity index (χ0n) is 13.4. The number of hydrogen-bond donors (Lipinski definition) is 1. The Morgan fingerprint density at radius 2 is 2.05 bits per heavy atom. The van der Waals surface area contributed by atoms with E-state index in [2.05, 4.69) is 44.8 Å². The van der Waals surface area contributed by atoms with Crippen molar-refractivity contribution in [3.8, 4) is 0 Å². The zero-order chi connectivity index (χ0) is 15.4. The van der Waals surface area contributed by atoms with Crippen LogP contribution in [0.1, 0.15) is 31.7 Å². The van der Waals surface area contributed by atoms with E-state index in [1.807, 2.05) is 6.07 Å². The molecule has 0 aliphatic carbocycles. The summed E-state index contributed by atoms with van der Waals surface area (Å²) in [7, 11) is 0. The lowest BCUT2D eigenvalue weighted by molar-refractivity contribution is 0.239. The normalized spacial score (nSPS) is 15.6. The number of aromatic nitrogens is 4. The van der Waals surface area contributed by atoms with E-state index in [4.69, 9.17) is 5.10 Å². The van der Waals surface area contributed by atoms with Crippen molar-refractivity contribution in [3.63, 3.8) is 0 Å². The van der Waals surface area contributed by atoms with Crippen molar-refractivity contribution in [2.75, 3.05) is 18.4 Å². The minimum atomic E-state index is 0.645. The SMILES string of the molecule is CC(C)CN1CCCn2nc(CNc3ncccn3)cc2C1. The van der Waals surface area contributed by atoms with Gasteiger partial charge in [-0.3, -0.25) is 9.58 Å². The summed E-state index contributed by atoms with van der Waals surface area (Å²) in [5, 5.41) is 7.93. The number of fused-ring (bicyclic) bond motifs is 1. The first-order chi connectivity index (χ1) is 10.7. The maximum Gasteiger partial charge on any atom is 0.222 e. The van der Waals surface area contributed by atoms with Gasteiger partial charge in [0.25, 0.3) is 0 Å². The molecule has 22 heavy (non-hydrogen) atoms. The Bertz CT molecular complexity index is 592. The predicted octanol–water partition coefficient (Wildman–Crippen LogP) is 2.15. The molecule has 2 aromatic heterocycles. The zero-order valence-corrected chi connectivity index (χ0v) is 13.4. The molecule has 0 unspecified atom stereocenters. The van der Waals surface area contributed by atoms with E-state index in [-0.39, 0.29) is 0 Å². The van der Waals surface area contributed by atoms with Crippen LogP contribution in [0.2, 0.25) is 0 Å². The van der Waals surface area contributed by atoms with E-state index < -0.39 is 0 Å². The standard InChI is InChI=1S/C16H24N6/c1-13(2)11-21-7-4-8-22-15(12-21)9-14(20-22)10-19-16-17-5-3-6-18-16/h3,5-6,9,13H,4,7-8,10-12H2,1-2H3,(H,17,18,19). The average Bonchev–Trinajstić information content (AvgIpc) is 2.78. The van der Waals surface area contributed by atoms with Crippen LogP contribution in [-0.2, 0) is 19.6 Å². The molecule has 6 nitrogen and oxygen atoms in total. The molecule has 1 aliphatic heterocycles. The van der Waals surface area contributed by atoms with Crippen molar-refractivity contribution in [3.05, 3.63) is 35.9 Å². The Kier molecular flexibility index (Phi) is 4.68. The smallest absolute Gasteiger partial charge is 0.222 e. The van der Waals surface area contributed by atoms with Crippen molar-refractivity contribution < 1.29 is 0 Å². The minimum absolute atomic E-state index is 0.645. The highest BCUT2D eigenvalue weighted by molar-refractivity contribution is 5.24. The van der Waals surface area contributed by atoms with Crippen molar-refractivity contribution in [2.45, 2.75) is 39.9 Å². The lowest BCUT2D eigenvalue weighted by Crippen LogP contribution is -2.27. The van der Waals surface area contributed by atoms with E-state index >= 15 is 0 Å². The molecule has 0 aromatic carbocycles. The Balaban J connectivity index is 1.64. The summed E-state index contributed by atoms with van der Waals surface area (Å²) in [5.41, 5.74) is 2.36. The number of aryl methyl sites for hydroxylation is 1. The molecule has 0 amide bonds. The van der Waals surface area contributed by atoms with Crippen LogP contribution in [0.25, 0.3) is 0 Å². The first kappa shape index (κ1) is 15.0. The van der Waals surface area contributed by atoms with Crippen LogP contribution in [0.5, 0.6) is 0 Å². The van der Waals surface area contributed by atoms with Crippen molar-refractivity contribution in [1.82, 2.24) is 24.6 Å². The largest absolute Gasteiger partial charge is 0.348 e. The van der Waals surface area contributed by atoms with Crippen molar-refractivity contribution in [1.29, 1.82) is 0 Å². The summed E-state index contributed by atoms with van der Waals surface area (Å²) in [6.45, 7) is 9.52. The van der Waals surface area contributed by atoms with Crippen LogP contribution in [-0.4, -0.2) is 37.7 Å². The van der Waals surface area contributed by atoms with Gasteiger partial charge in [-0.25, -0.2) is 9.97 Å². The average molecular weight is 300 g/mol. The van der Waals surface area contributed by atoms with Gasteiger partial charge < -0.3 is 5.32 Å². The molecule has 0 saturated carbocycles. The van der Waals surface area contributed by atoms with E-state index in [0.717, 1.165) is 38.3 Å². The fourth-order valence-corrected chi connectivity index (χ4v) is 2.91. The monoisotopic (exact) mass is 300 g/mol. The summed E-state index contributed by atoms with van der Waals surface area (Å²) in [4.78, 5) is 10.9. The summed E-state index contributed by atoms with van der Waals surface area (Å²) >= 11 is 0. The third kappa shape index (κ3) is 3.82. The second-order valence-corrected chi connectivity index (χ2v) is 6.26. The molecule has 1 N–H and O–H groups in total. The Hall–Kier alpha value is -1.95. The van der Waals surface area contributed by atoms with Crippen LogP contribution in [0, 0.1) is 5.92 Å². The van der Waals surface area contributed by atoms with Gasteiger partial charge in [0, 0.05) is 38.6 Å². The van der Waals surface area contributed by atoms with E-state index in [1.54, 1.807) is 12.4 Å². The van der Waals surface area contributed by atoms with Gasteiger partial charge >= 0.3 is 0 Å². The van der Waals surface area contributed by atoms with Gasteiger partial charge in [0.05, 0.1) is 17.9 Å². The third-order valence-electron chi connectivity index (χ3n) is 3.76. The van der Waals surface area contributed by atoms with Crippen LogP contribution < -0.4 is 5.32 Å². The molecule has 6 heteroatoms. The fourth-order valence-electron chi connectivity index (χ4n) is 2.91. The number of nitrogens with one attached hydrogen (secondary N) is 1. The summed E-state index contributed by atoms with van der Waals surface area (Å²) in [6, 6.07) is 4.02. The van der Waals surface area contributed by atoms with Crippen molar-refractivity contribution in [2.24, 2.45) is 5.92 Å². The van der Waals surface area contributed by atoms with Gasteiger partial charge in [0.1, 0.15) is 0 Å². The molecular formula is C16H24N6. The molecule has 118 valence electrons. The molecule has 3 rings (SSSR count). The fraction of sp³-hybridized carbons (Fsp3) is 0.562. The van der Waals surface area contributed by atoms with E-state index in [1.165, 1.54) is 5.69 Å². The van der Waals surface area contributed by atoms with Gasteiger partial charge in [-0.15, -0.1) is 0 Å². The summed E-state index contributed by atoms with van der Waals surface area (Å²) in [6.07, 6.45) is 4.64. The van der Waals surface area contributed by atoms with Gasteiger partial charge in [-0.2, -0.15) is 5.10 Å². The summed E-state index contributed by atoms with van der Waals surface area (Å²) in [5.74, 6) is 1.35. The van der Waals surface area contributed by atoms with Crippen LogP contribution in [0.15, 0.2) is 24.5 Å². The summed E-state index contributed by atoms with van der Waals surface area (Å²) < 4.78 is 2.16. The Morgan fingerprint density at radius 3 is 2.82 bits per heavy atom. The molecule has 0 saturated heterocycles. The highest BCUT2D eigenvalue weighted by Crippen LogP contribution is 2.15. The molecule has 0 atom stereocenters. The first-order valence-corrected chi connectivity index (χ1v) is 7.99. The van der Waals surface area contributed by atoms with Crippen LogP contribution in [0.3, 0.4) is 0 Å². The molecule has 0 spiro atoms. The minimum Gasteiger partial charge on any atom is -0.348 e. The number of nitrogens with zero attached hydrogens (tertiary/aromatic N) is 5. The van der Waals surface area contributed by atoms with Gasteiger partial charge in [-0.1, -0.05) is 13.8 Å². The second-order valence-electron chi connectivity index (χ2n) is 6.26. The number of anilines is 1. The number of hydrogen-bond acceptors (Lipinski definition) is 5. The molecule has 1 aliphatic rings. The van der Waals surface area contributed by atoms with E-state index in [0.29, 0.717) is 18.4 Å².